The standard InChI is InChI=1S/C14H14ClN3O2/c1-9-7-14(20)18(10(2)16-9)8-13(19)17-12-6-4-3-5-11(12)15/h3-7H,8H2,1-2H3,(H,17,19). The summed E-state index contributed by atoms with van der Waals surface area (Å²) in [7, 11) is 0. The van der Waals surface area contributed by atoms with E-state index in [0.29, 0.717) is 22.2 Å². The van der Waals surface area contributed by atoms with E-state index in [1.165, 1.54) is 10.6 Å². The Kier molecular flexibility index (Phi) is 4.20. The summed E-state index contributed by atoms with van der Waals surface area (Å²) in [5, 5.41) is 3.12. The number of nitrogens with one attached hydrogen (secondary N) is 1. The van der Waals surface area contributed by atoms with Gasteiger partial charge in [0.2, 0.25) is 5.91 Å². The third kappa shape index (κ3) is 3.24. The molecule has 1 aromatic carbocycles. The molecule has 0 unspecified atom stereocenters. The van der Waals surface area contributed by atoms with Gasteiger partial charge < -0.3 is 5.32 Å². The van der Waals surface area contributed by atoms with Gasteiger partial charge in [-0.15, -0.1) is 0 Å². The predicted octanol–water partition coefficient (Wildman–Crippen LogP) is 2.15. The number of rotatable bonds is 3. The number of amides is 1. The highest BCUT2D eigenvalue weighted by atomic mass is 35.5. The molecule has 1 amide bonds. The minimum Gasteiger partial charge on any atom is -0.323 e. The average molecular weight is 292 g/mol. The van der Waals surface area contributed by atoms with Crippen molar-refractivity contribution in [2.45, 2.75) is 20.4 Å². The summed E-state index contributed by atoms with van der Waals surface area (Å²) in [4.78, 5) is 28.0. The van der Waals surface area contributed by atoms with Crippen molar-refractivity contribution in [3.63, 3.8) is 0 Å². The average Bonchev–Trinajstić information content (AvgIpc) is 2.36. The molecule has 1 N–H and O–H groups in total. The smallest absolute Gasteiger partial charge is 0.254 e. The second-order valence-electron chi connectivity index (χ2n) is 4.40. The highest BCUT2D eigenvalue weighted by molar-refractivity contribution is 6.33. The zero-order valence-electron chi connectivity index (χ0n) is 11.2. The molecule has 0 aliphatic rings. The number of nitrogens with zero attached hydrogens (tertiary/aromatic N) is 2. The van der Waals surface area contributed by atoms with Crippen LogP contribution < -0.4 is 10.9 Å². The molecule has 20 heavy (non-hydrogen) atoms. The van der Waals surface area contributed by atoms with Crippen LogP contribution in [0.3, 0.4) is 0 Å². The lowest BCUT2D eigenvalue weighted by atomic mass is 10.3. The van der Waals surface area contributed by atoms with Crippen LogP contribution in [0.5, 0.6) is 0 Å². The highest BCUT2D eigenvalue weighted by Gasteiger charge is 2.10. The number of carbonyl (C=O) groups is 1. The van der Waals surface area contributed by atoms with Crippen molar-refractivity contribution in [2.75, 3.05) is 5.32 Å². The molecule has 2 rings (SSSR count). The third-order valence-electron chi connectivity index (χ3n) is 2.78. The molecule has 1 aromatic heterocycles. The van der Waals surface area contributed by atoms with E-state index >= 15 is 0 Å². The van der Waals surface area contributed by atoms with Gasteiger partial charge in [0.1, 0.15) is 12.4 Å². The van der Waals surface area contributed by atoms with Crippen LogP contribution in [0.1, 0.15) is 11.5 Å². The molecule has 0 spiro atoms. The zero-order chi connectivity index (χ0) is 14.7. The summed E-state index contributed by atoms with van der Waals surface area (Å²) < 4.78 is 1.32. The monoisotopic (exact) mass is 291 g/mol. The van der Waals surface area contributed by atoms with Crippen LogP contribution in [-0.4, -0.2) is 15.5 Å². The molecule has 1 heterocycles. The molecule has 0 bridgehead atoms. The quantitative estimate of drug-likeness (QED) is 0.942. The molecular weight excluding hydrogens is 278 g/mol. The number of benzene rings is 1. The fourth-order valence-corrected chi connectivity index (χ4v) is 2.04. The fraction of sp³-hybridized carbons (Fsp3) is 0.214. The Morgan fingerprint density at radius 2 is 2.05 bits per heavy atom. The van der Waals surface area contributed by atoms with Gasteiger partial charge in [0, 0.05) is 11.8 Å². The van der Waals surface area contributed by atoms with Crippen molar-refractivity contribution in [1.29, 1.82) is 0 Å². The van der Waals surface area contributed by atoms with Crippen LogP contribution in [0.25, 0.3) is 0 Å². The Bertz CT molecular complexity index is 710. The maximum atomic E-state index is 12.0. The summed E-state index contributed by atoms with van der Waals surface area (Å²) in [6.45, 7) is 3.34. The predicted molar refractivity (Wildman–Crippen MR) is 78.1 cm³/mol. The first-order valence-electron chi connectivity index (χ1n) is 6.07. The number of hydrogen-bond donors (Lipinski definition) is 1. The van der Waals surface area contributed by atoms with Gasteiger partial charge in [-0.3, -0.25) is 14.2 Å². The summed E-state index contributed by atoms with van der Waals surface area (Å²) in [5.74, 6) is 0.179. The summed E-state index contributed by atoms with van der Waals surface area (Å²) in [6, 6.07) is 8.32. The largest absolute Gasteiger partial charge is 0.323 e. The molecule has 0 fully saturated rings. The fourth-order valence-electron chi connectivity index (χ4n) is 1.85. The van der Waals surface area contributed by atoms with Gasteiger partial charge in [0.05, 0.1) is 10.7 Å². The molecule has 0 radical (unpaired) electrons. The van der Waals surface area contributed by atoms with E-state index in [9.17, 15) is 9.59 Å². The molecule has 104 valence electrons. The lowest BCUT2D eigenvalue weighted by molar-refractivity contribution is -0.116. The topological polar surface area (TPSA) is 64.0 Å². The number of hydrogen-bond acceptors (Lipinski definition) is 3. The molecule has 0 aliphatic carbocycles. The number of aromatic nitrogens is 2. The molecule has 0 aliphatic heterocycles. The lowest BCUT2D eigenvalue weighted by Crippen LogP contribution is -2.30. The first kappa shape index (κ1) is 14.3. The second kappa shape index (κ2) is 5.88. The number of anilines is 1. The van der Waals surface area contributed by atoms with Crippen molar-refractivity contribution in [2.24, 2.45) is 0 Å². The third-order valence-corrected chi connectivity index (χ3v) is 3.11. The summed E-state index contributed by atoms with van der Waals surface area (Å²) in [6.07, 6.45) is 0. The van der Waals surface area contributed by atoms with Crippen molar-refractivity contribution in [1.82, 2.24) is 9.55 Å². The van der Waals surface area contributed by atoms with Crippen molar-refractivity contribution >= 4 is 23.2 Å². The van der Waals surface area contributed by atoms with E-state index in [1.807, 2.05) is 0 Å². The van der Waals surface area contributed by atoms with E-state index < -0.39 is 0 Å². The van der Waals surface area contributed by atoms with Crippen LogP contribution in [0.2, 0.25) is 5.02 Å². The Balaban J connectivity index is 2.17. The van der Waals surface area contributed by atoms with Crippen molar-refractivity contribution in [3.8, 4) is 0 Å². The molecule has 5 nitrogen and oxygen atoms in total. The van der Waals surface area contributed by atoms with Gasteiger partial charge in [-0.05, 0) is 26.0 Å². The Morgan fingerprint density at radius 1 is 1.35 bits per heavy atom. The summed E-state index contributed by atoms with van der Waals surface area (Å²) in [5.41, 5.74) is 0.907. The zero-order valence-corrected chi connectivity index (χ0v) is 11.9. The molecule has 0 saturated carbocycles. The van der Waals surface area contributed by atoms with Crippen LogP contribution in [0.15, 0.2) is 35.1 Å². The van der Waals surface area contributed by atoms with Crippen LogP contribution >= 0.6 is 11.6 Å². The van der Waals surface area contributed by atoms with Gasteiger partial charge in [-0.2, -0.15) is 0 Å². The van der Waals surface area contributed by atoms with Gasteiger partial charge in [0.25, 0.3) is 5.56 Å². The van der Waals surface area contributed by atoms with Crippen molar-refractivity contribution in [3.05, 3.63) is 57.2 Å². The van der Waals surface area contributed by atoms with Crippen LogP contribution in [0.4, 0.5) is 5.69 Å². The SMILES string of the molecule is Cc1cc(=O)n(CC(=O)Nc2ccccc2Cl)c(C)n1. The van der Waals surface area contributed by atoms with E-state index in [1.54, 1.807) is 38.1 Å². The Morgan fingerprint density at radius 3 is 2.70 bits per heavy atom. The van der Waals surface area contributed by atoms with E-state index in [0.717, 1.165) is 0 Å². The van der Waals surface area contributed by atoms with Crippen molar-refractivity contribution < 1.29 is 4.79 Å². The number of halogens is 1. The van der Waals surface area contributed by atoms with Gasteiger partial charge in [-0.25, -0.2) is 4.98 Å². The number of aryl methyl sites for hydroxylation is 2. The molecule has 0 saturated heterocycles. The maximum absolute atomic E-state index is 12.0. The van der Waals surface area contributed by atoms with Gasteiger partial charge in [-0.1, -0.05) is 23.7 Å². The molecule has 6 heteroatoms. The molecular formula is C14H14ClN3O2. The second-order valence-corrected chi connectivity index (χ2v) is 4.80. The Labute approximate surface area is 121 Å². The first-order chi connectivity index (χ1) is 9.47. The molecule has 2 aromatic rings. The summed E-state index contributed by atoms with van der Waals surface area (Å²) >= 11 is 5.96. The minimum absolute atomic E-state index is 0.0941. The number of carbonyl (C=O) groups excluding carboxylic acids is 1. The van der Waals surface area contributed by atoms with Crippen LogP contribution in [0, 0.1) is 13.8 Å². The molecule has 0 atom stereocenters. The minimum atomic E-state index is -0.325. The van der Waals surface area contributed by atoms with E-state index in [-0.39, 0.29) is 18.0 Å². The number of para-hydroxylation sites is 1. The van der Waals surface area contributed by atoms with Gasteiger partial charge >= 0.3 is 0 Å². The maximum Gasteiger partial charge on any atom is 0.254 e. The van der Waals surface area contributed by atoms with Crippen LogP contribution in [-0.2, 0) is 11.3 Å². The first-order valence-corrected chi connectivity index (χ1v) is 6.44. The Hall–Kier alpha value is -2.14. The van der Waals surface area contributed by atoms with E-state index in [2.05, 4.69) is 10.3 Å². The normalized spacial score (nSPS) is 10.3. The van der Waals surface area contributed by atoms with E-state index in [4.69, 9.17) is 11.6 Å². The van der Waals surface area contributed by atoms with Gasteiger partial charge in [0.15, 0.2) is 0 Å². The lowest BCUT2D eigenvalue weighted by Gasteiger charge is -2.10. The highest BCUT2D eigenvalue weighted by Crippen LogP contribution is 2.20.